The van der Waals surface area contributed by atoms with Crippen LogP contribution in [0.15, 0.2) is 37.3 Å². The minimum Gasteiger partial charge on any atom is -0.396 e. The lowest BCUT2D eigenvalue weighted by Crippen LogP contribution is -2.26. The van der Waals surface area contributed by atoms with Gasteiger partial charge in [0.25, 0.3) is 0 Å². The first kappa shape index (κ1) is 16.2. The van der Waals surface area contributed by atoms with Crippen molar-refractivity contribution in [1.82, 2.24) is 24.5 Å². The van der Waals surface area contributed by atoms with Gasteiger partial charge >= 0.3 is 0 Å². The van der Waals surface area contributed by atoms with E-state index in [2.05, 4.69) is 20.3 Å². The first-order chi connectivity index (χ1) is 13.2. The Labute approximate surface area is 160 Å². The lowest BCUT2D eigenvalue weighted by molar-refractivity contribution is 0.446. The molecule has 8 heteroatoms. The highest BCUT2D eigenvalue weighted by atomic mass is 32.1. The lowest BCUT2D eigenvalue weighted by Gasteiger charge is -2.26. The molecule has 0 atom stereocenters. The number of aromatic nitrogens is 5. The van der Waals surface area contributed by atoms with Crippen molar-refractivity contribution in [3.63, 3.8) is 0 Å². The van der Waals surface area contributed by atoms with Crippen LogP contribution >= 0.6 is 11.3 Å². The number of hydrogen-bond donors (Lipinski definition) is 2. The van der Waals surface area contributed by atoms with Crippen LogP contribution in [0, 0.1) is 0 Å². The number of fused-ring (bicyclic) bond motifs is 1. The number of nitrogens with two attached hydrogens (primary N) is 1. The third kappa shape index (κ3) is 2.82. The summed E-state index contributed by atoms with van der Waals surface area (Å²) in [6.45, 7) is 0. The molecule has 0 radical (unpaired) electrons. The SMILES string of the molecule is Cn1cnc(-c2cc(-c3cncnc3)nc3sc(NC4CCC4)c(N)c23)c1. The zero-order valence-corrected chi connectivity index (χ0v) is 15.7. The number of pyridine rings is 1. The van der Waals surface area contributed by atoms with Gasteiger partial charge in [-0.05, 0) is 25.3 Å². The highest BCUT2D eigenvalue weighted by Gasteiger charge is 2.23. The van der Waals surface area contributed by atoms with Gasteiger partial charge in [0.05, 0.1) is 23.4 Å². The van der Waals surface area contributed by atoms with Crippen LogP contribution < -0.4 is 11.1 Å². The summed E-state index contributed by atoms with van der Waals surface area (Å²) in [5.41, 5.74) is 10.9. The average Bonchev–Trinajstić information content (AvgIpc) is 3.22. The van der Waals surface area contributed by atoms with Crippen molar-refractivity contribution >= 4 is 32.2 Å². The summed E-state index contributed by atoms with van der Waals surface area (Å²) in [7, 11) is 1.96. The van der Waals surface area contributed by atoms with Crippen molar-refractivity contribution in [2.24, 2.45) is 7.05 Å². The molecule has 136 valence electrons. The number of hydrogen-bond acceptors (Lipinski definition) is 7. The summed E-state index contributed by atoms with van der Waals surface area (Å²) in [6.07, 6.45) is 12.5. The molecule has 4 aromatic rings. The van der Waals surface area contributed by atoms with Gasteiger partial charge in [-0.1, -0.05) is 11.3 Å². The molecule has 4 heterocycles. The summed E-state index contributed by atoms with van der Waals surface area (Å²) in [5, 5.41) is 5.54. The average molecular weight is 377 g/mol. The summed E-state index contributed by atoms with van der Waals surface area (Å²) in [4.78, 5) is 18.5. The predicted molar refractivity (Wildman–Crippen MR) is 109 cm³/mol. The quantitative estimate of drug-likeness (QED) is 0.563. The number of aryl methyl sites for hydroxylation is 1. The summed E-state index contributed by atoms with van der Waals surface area (Å²) in [6, 6.07) is 2.54. The van der Waals surface area contributed by atoms with Crippen LogP contribution in [-0.4, -0.2) is 30.5 Å². The molecular formula is C19H19N7S. The minimum atomic E-state index is 0.514. The largest absolute Gasteiger partial charge is 0.396 e. The van der Waals surface area contributed by atoms with Crippen molar-refractivity contribution in [2.75, 3.05) is 11.1 Å². The lowest BCUT2D eigenvalue weighted by atomic mass is 9.93. The molecule has 5 rings (SSSR count). The highest BCUT2D eigenvalue weighted by Crippen LogP contribution is 2.44. The van der Waals surface area contributed by atoms with E-state index in [4.69, 9.17) is 10.7 Å². The summed E-state index contributed by atoms with van der Waals surface area (Å²) in [5.74, 6) is 0. The molecule has 3 N–H and O–H groups in total. The van der Waals surface area contributed by atoms with E-state index in [0.29, 0.717) is 6.04 Å². The molecule has 1 fully saturated rings. The van der Waals surface area contributed by atoms with Crippen LogP contribution in [0.2, 0.25) is 0 Å². The Morgan fingerprint density at radius 1 is 1.22 bits per heavy atom. The summed E-state index contributed by atoms with van der Waals surface area (Å²) >= 11 is 1.60. The molecular weight excluding hydrogens is 358 g/mol. The second-order valence-corrected chi connectivity index (χ2v) is 7.90. The molecule has 27 heavy (non-hydrogen) atoms. The van der Waals surface area contributed by atoms with E-state index >= 15 is 0 Å². The first-order valence-electron chi connectivity index (χ1n) is 8.92. The van der Waals surface area contributed by atoms with Gasteiger partial charge in [0.15, 0.2) is 0 Å². The number of imidazole rings is 1. The molecule has 0 amide bonds. The summed E-state index contributed by atoms with van der Waals surface area (Å²) < 4.78 is 1.93. The van der Waals surface area contributed by atoms with Gasteiger partial charge in [-0.15, -0.1) is 0 Å². The Kier molecular flexibility index (Phi) is 3.78. The van der Waals surface area contributed by atoms with Gasteiger partial charge in [-0.25, -0.2) is 19.9 Å². The Morgan fingerprint density at radius 2 is 2.04 bits per heavy atom. The zero-order chi connectivity index (χ0) is 18.4. The molecule has 4 aromatic heterocycles. The molecule has 0 spiro atoms. The van der Waals surface area contributed by atoms with E-state index in [0.717, 1.165) is 43.4 Å². The van der Waals surface area contributed by atoms with E-state index in [1.165, 1.54) is 25.6 Å². The normalized spacial score (nSPS) is 14.4. The topological polar surface area (TPSA) is 94.5 Å². The number of nitrogens with one attached hydrogen (secondary N) is 1. The fraction of sp³-hybridized carbons (Fsp3) is 0.263. The molecule has 0 bridgehead atoms. The second kappa shape index (κ2) is 6.31. The van der Waals surface area contributed by atoms with E-state index in [1.807, 2.05) is 23.9 Å². The third-order valence-corrected chi connectivity index (χ3v) is 6.01. The zero-order valence-electron chi connectivity index (χ0n) is 14.9. The maximum atomic E-state index is 6.55. The number of nitrogens with zero attached hydrogens (tertiary/aromatic N) is 5. The van der Waals surface area contributed by atoms with Gasteiger partial charge in [-0.2, -0.15) is 0 Å². The first-order valence-corrected chi connectivity index (χ1v) is 9.74. The van der Waals surface area contributed by atoms with Crippen LogP contribution in [0.5, 0.6) is 0 Å². The van der Waals surface area contributed by atoms with Crippen LogP contribution in [-0.2, 0) is 7.05 Å². The number of nitrogen functional groups attached to an aromatic ring is 1. The van der Waals surface area contributed by atoms with E-state index in [1.54, 1.807) is 30.1 Å². The molecule has 0 aliphatic heterocycles. The third-order valence-electron chi connectivity index (χ3n) is 4.98. The molecule has 0 unspecified atom stereocenters. The number of thiophene rings is 1. The highest BCUT2D eigenvalue weighted by molar-refractivity contribution is 7.23. The van der Waals surface area contributed by atoms with E-state index < -0.39 is 0 Å². The smallest absolute Gasteiger partial charge is 0.128 e. The van der Waals surface area contributed by atoms with Gasteiger partial charge in [0.2, 0.25) is 0 Å². The molecule has 1 aliphatic rings. The Hall–Kier alpha value is -3.00. The standard InChI is InChI=1S/C19H19N7S/c1-26-8-15(23-10-26)13-5-14(11-6-21-9-22-7-11)25-18-16(13)17(20)19(27-18)24-12-3-2-4-12/h5-10,12,24H,2-4,20H2,1H3. The van der Waals surface area contributed by atoms with Crippen molar-refractivity contribution in [1.29, 1.82) is 0 Å². The number of rotatable bonds is 4. The molecule has 0 saturated heterocycles. The van der Waals surface area contributed by atoms with Crippen LogP contribution in [0.1, 0.15) is 19.3 Å². The van der Waals surface area contributed by atoms with Crippen LogP contribution in [0.25, 0.3) is 32.7 Å². The Morgan fingerprint density at radius 3 is 2.70 bits per heavy atom. The van der Waals surface area contributed by atoms with E-state index in [9.17, 15) is 0 Å². The molecule has 0 aromatic carbocycles. The van der Waals surface area contributed by atoms with Gasteiger partial charge in [-0.3, -0.25) is 0 Å². The van der Waals surface area contributed by atoms with E-state index in [-0.39, 0.29) is 0 Å². The Balaban J connectivity index is 1.72. The maximum absolute atomic E-state index is 6.55. The molecule has 1 saturated carbocycles. The molecule has 1 aliphatic carbocycles. The maximum Gasteiger partial charge on any atom is 0.128 e. The fourth-order valence-electron chi connectivity index (χ4n) is 3.30. The Bertz CT molecular complexity index is 1110. The number of anilines is 2. The monoisotopic (exact) mass is 377 g/mol. The van der Waals surface area contributed by atoms with Gasteiger partial charge in [0, 0.05) is 48.2 Å². The van der Waals surface area contributed by atoms with Crippen molar-refractivity contribution < 1.29 is 0 Å². The van der Waals surface area contributed by atoms with Crippen molar-refractivity contribution in [3.8, 4) is 22.5 Å². The van der Waals surface area contributed by atoms with Gasteiger partial charge < -0.3 is 15.6 Å². The van der Waals surface area contributed by atoms with Crippen LogP contribution in [0.3, 0.4) is 0 Å². The van der Waals surface area contributed by atoms with Crippen LogP contribution in [0.4, 0.5) is 10.7 Å². The van der Waals surface area contributed by atoms with Crippen molar-refractivity contribution in [2.45, 2.75) is 25.3 Å². The fourth-order valence-corrected chi connectivity index (χ4v) is 4.40. The predicted octanol–water partition coefficient (Wildman–Crippen LogP) is 3.70. The van der Waals surface area contributed by atoms with Crippen molar-refractivity contribution in [3.05, 3.63) is 37.3 Å². The molecule has 7 nitrogen and oxygen atoms in total. The second-order valence-electron chi connectivity index (χ2n) is 6.90. The minimum absolute atomic E-state index is 0.514. The van der Waals surface area contributed by atoms with Gasteiger partial charge in [0.1, 0.15) is 16.2 Å².